The van der Waals surface area contributed by atoms with E-state index in [1.54, 1.807) is 17.0 Å². The number of hydrogen-bond acceptors (Lipinski definition) is 4. The third-order valence-corrected chi connectivity index (χ3v) is 6.94. The Morgan fingerprint density at radius 2 is 1.94 bits per heavy atom. The number of halogens is 1. The lowest BCUT2D eigenvalue weighted by atomic mass is 9.86. The van der Waals surface area contributed by atoms with Gasteiger partial charge in [-0.1, -0.05) is 18.7 Å². The number of Topliss-reactive ketones (excluding diaryl/α,β-unsaturated/α-hetero) is 1. The molecule has 1 N–H and O–H groups in total. The van der Waals surface area contributed by atoms with Gasteiger partial charge in [0.2, 0.25) is 0 Å². The number of rotatable bonds is 9. The van der Waals surface area contributed by atoms with E-state index in [0.717, 1.165) is 36.8 Å². The van der Waals surface area contributed by atoms with E-state index in [1.807, 2.05) is 20.8 Å². The van der Waals surface area contributed by atoms with Gasteiger partial charge >= 0.3 is 6.09 Å². The van der Waals surface area contributed by atoms with Crippen molar-refractivity contribution in [1.82, 2.24) is 4.90 Å². The van der Waals surface area contributed by atoms with Crippen LogP contribution < -0.4 is 0 Å². The maximum Gasteiger partial charge on any atom is 0.410 e. The van der Waals surface area contributed by atoms with Crippen molar-refractivity contribution >= 4 is 24.2 Å². The lowest BCUT2D eigenvalue weighted by Gasteiger charge is -2.25. The van der Waals surface area contributed by atoms with E-state index in [-0.39, 0.29) is 23.7 Å². The van der Waals surface area contributed by atoms with Gasteiger partial charge in [-0.3, -0.25) is 4.79 Å². The molecule has 0 spiro atoms. The number of likely N-dealkylation sites (tertiary alicyclic amines) is 1. The first-order chi connectivity index (χ1) is 15.6. The van der Waals surface area contributed by atoms with Crippen molar-refractivity contribution < 1.29 is 18.7 Å². The number of ether oxygens (including phenoxy) is 1. The van der Waals surface area contributed by atoms with Crippen LogP contribution in [0.3, 0.4) is 0 Å². The van der Waals surface area contributed by atoms with Gasteiger partial charge < -0.3 is 15.0 Å². The Balaban J connectivity index is 1.49. The number of fused-ring (bicyclic) bond motifs is 1. The van der Waals surface area contributed by atoms with E-state index in [2.05, 4.69) is 6.58 Å². The number of amides is 1. The Hall–Kier alpha value is -2.50. The molecule has 1 aromatic rings. The molecule has 2 fully saturated rings. The number of carbonyl (C=O) groups excluding carboxylic acids is 2. The fourth-order valence-electron chi connectivity index (χ4n) is 5.39. The summed E-state index contributed by atoms with van der Waals surface area (Å²) in [4.78, 5) is 27.0. The number of nitrogens with one attached hydrogen (secondary N) is 1. The zero-order valence-corrected chi connectivity index (χ0v) is 20.1. The second-order valence-corrected chi connectivity index (χ2v) is 10.5. The van der Waals surface area contributed by atoms with Crippen LogP contribution in [0.2, 0.25) is 0 Å². The molecule has 1 saturated heterocycles. The summed E-state index contributed by atoms with van der Waals surface area (Å²) in [7, 11) is 0. The highest BCUT2D eigenvalue weighted by Crippen LogP contribution is 2.43. The molecule has 3 rings (SSSR count). The highest BCUT2D eigenvalue weighted by molar-refractivity contribution is 5.81. The van der Waals surface area contributed by atoms with Gasteiger partial charge in [0.15, 0.2) is 0 Å². The standard InChI is InChI=1S/C27H37FN2O3/c1-5-18-9-10-23(28)15-24(18)19(11-12-29)7-6-8-25(31)20-13-21-16-30(17-22(21)14-20)26(32)33-27(2,3)4/h5,9-10,12,15,19-22,29H,1,6-8,11,13-14,16-17H2,2-4H3. The number of nitrogens with zero attached hydrogens (tertiary/aromatic N) is 1. The minimum absolute atomic E-state index is 0.00402. The van der Waals surface area contributed by atoms with Crippen molar-refractivity contribution in [3.05, 3.63) is 41.7 Å². The van der Waals surface area contributed by atoms with E-state index >= 15 is 0 Å². The van der Waals surface area contributed by atoms with Crippen molar-refractivity contribution in [3.8, 4) is 0 Å². The molecular weight excluding hydrogens is 419 g/mol. The molecule has 33 heavy (non-hydrogen) atoms. The molecule has 1 saturated carbocycles. The van der Waals surface area contributed by atoms with Crippen molar-refractivity contribution in [1.29, 1.82) is 5.41 Å². The van der Waals surface area contributed by atoms with E-state index in [0.29, 0.717) is 43.6 Å². The first-order valence-corrected chi connectivity index (χ1v) is 12.0. The molecule has 2 aliphatic rings. The molecule has 1 amide bonds. The quantitative estimate of drug-likeness (QED) is 0.448. The maximum absolute atomic E-state index is 13.8. The van der Waals surface area contributed by atoms with Gasteiger partial charge in [-0.05, 0) is 100 Å². The lowest BCUT2D eigenvalue weighted by molar-refractivity contribution is -0.123. The summed E-state index contributed by atoms with van der Waals surface area (Å²) in [6, 6.07) is 4.67. The van der Waals surface area contributed by atoms with Crippen LogP contribution in [-0.2, 0) is 9.53 Å². The summed E-state index contributed by atoms with van der Waals surface area (Å²) in [6.07, 6.45) is 6.99. The fourth-order valence-corrected chi connectivity index (χ4v) is 5.39. The first kappa shape index (κ1) is 25.1. The average molecular weight is 457 g/mol. The Labute approximate surface area is 196 Å². The largest absolute Gasteiger partial charge is 0.444 e. The van der Waals surface area contributed by atoms with Gasteiger partial charge in [0.1, 0.15) is 17.2 Å². The summed E-state index contributed by atoms with van der Waals surface area (Å²) in [5.74, 6) is 0.827. The molecule has 0 aromatic heterocycles. The molecule has 5 nitrogen and oxygen atoms in total. The first-order valence-electron chi connectivity index (χ1n) is 12.0. The van der Waals surface area contributed by atoms with Crippen molar-refractivity contribution in [2.45, 2.75) is 70.8 Å². The smallest absolute Gasteiger partial charge is 0.410 e. The molecule has 1 aliphatic heterocycles. The molecule has 0 radical (unpaired) electrons. The van der Waals surface area contributed by atoms with Gasteiger partial charge in [-0.15, -0.1) is 0 Å². The predicted molar refractivity (Wildman–Crippen MR) is 129 cm³/mol. The molecular formula is C27H37FN2O3. The summed E-state index contributed by atoms with van der Waals surface area (Å²) in [6.45, 7) is 10.8. The molecule has 0 bridgehead atoms. The maximum atomic E-state index is 13.8. The fraction of sp³-hybridized carbons (Fsp3) is 0.593. The molecule has 3 unspecified atom stereocenters. The Morgan fingerprint density at radius 1 is 1.27 bits per heavy atom. The second kappa shape index (κ2) is 10.6. The van der Waals surface area contributed by atoms with Crippen LogP contribution in [0.25, 0.3) is 6.08 Å². The highest BCUT2D eigenvalue weighted by atomic mass is 19.1. The lowest BCUT2D eigenvalue weighted by Crippen LogP contribution is -2.36. The summed E-state index contributed by atoms with van der Waals surface area (Å²) < 4.78 is 19.3. The highest BCUT2D eigenvalue weighted by Gasteiger charge is 2.45. The van der Waals surface area contributed by atoms with Gasteiger partial charge in [0, 0.05) is 25.4 Å². The van der Waals surface area contributed by atoms with Crippen molar-refractivity contribution in [2.24, 2.45) is 17.8 Å². The van der Waals surface area contributed by atoms with Crippen LogP contribution in [0.4, 0.5) is 9.18 Å². The van der Waals surface area contributed by atoms with Gasteiger partial charge in [-0.2, -0.15) is 0 Å². The predicted octanol–water partition coefficient (Wildman–Crippen LogP) is 6.22. The SMILES string of the molecule is C=Cc1ccc(F)cc1C(CC=N)CCCC(=O)C1CC2CN(C(=O)OC(C)(C)C)CC2C1. The summed E-state index contributed by atoms with van der Waals surface area (Å²) in [5.41, 5.74) is 1.24. The van der Waals surface area contributed by atoms with Crippen molar-refractivity contribution in [2.75, 3.05) is 13.1 Å². The summed E-state index contributed by atoms with van der Waals surface area (Å²) >= 11 is 0. The number of benzene rings is 1. The van der Waals surface area contributed by atoms with Gasteiger partial charge in [0.25, 0.3) is 0 Å². The third-order valence-electron chi connectivity index (χ3n) is 6.94. The molecule has 6 heteroatoms. The monoisotopic (exact) mass is 456 g/mol. The molecule has 1 aliphatic carbocycles. The van der Waals surface area contributed by atoms with Crippen molar-refractivity contribution in [3.63, 3.8) is 0 Å². The van der Waals surface area contributed by atoms with E-state index < -0.39 is 5.60 Å². The molecule has 180 valence electrons. The summed E-state index contributed by atoms with van der Waals surface area (Å²) in [5, 5.41) is 7.54. The topological polar surface area (TPSA) is 70.5 Å². The molecule has 1 heterocycles. The zero-order chi connectivity index (χ0) is 24.2. The normalized spacial score (nSPS) is 23.2. The zero-order valence-electron chi connectivity index (χ0n) is 20.1. The second-order valence-electron chi connectivity index (χ2n) is 10.5. The minimum Gasteiger partial charge on any atom is -0.444 e. The van der Waals surface area contributed by atoms with Crippen LogP contribution in [0.15, 0.2) is 24.8 Å². The van der Waals surface area contributed by atoms with Crippen LogP contribution in [0.1, 0.15) is 76.3 Å². The van der Waals surface area contributed by atoms with Crippen LogP contribution in [0.5, 0.6) is 0 Å². The Morgan fingerprint density at radius 3 is 2.52 bits per heavy atom. The Kier molecular flexibility index (Phi) is 8.09. The van der Waals surface area contributed by atoms with E-state index in [4.69, 9.17) is 10.1 Å². The number of carbonyl (C=O) groups is 2. The molecule has 3 atom stereocenters. The van der Waals surface area contributed by atoms with E-state index in [9.17, 15) is 14.0 Å². The number of hydrogen-bond donors (Lipinski definition) is 1. The van der Waals surface area contributed by atoms with Crippen LogP contribution in [-0.4, -0.2) is 41.7 Å². The van der Waals surface area contributed by atoms with Gasteiger partial charge in [0.05, 0.1) is 0 Å². The van der Waals surface area contributed by atoms with Crippen LogP contribution in [0, 0.1) is 29.0 Å². The Bertz CT molecular complexity index is 878. The number of ketones is 1. The molecule has 1 aromatic carbocycles. The van der Waals surface area contributed by atoms with Gasteiger partial charge in [-0.25, -0.2) is 9.18 Å². The van der Waals surface area contributed by atoms with Crippen LogP contribution >= 0.6 is 0 Å². The minimum atomic E-state index is -0.499. The van der Waals surface area contributed by atoms with E-state index in [1.165, 1.54) is 18.3 Å². The third kappa shape index (κ3) is 6.52. The average Bonchev–Trinajstić information content (AvgIpc) is 3.31.